The molecule has 2 amide bonds. The zero-order valence-electron chi connectivity index (χ0n) is 15.0. The molecule has 0 unspecified atom stereocenters. The SMILES string of the molecule is O=C(NCCCc1ccccc1)c1nc(C(=O)NC2CC2)n2ccccc12. The number of pyridine rings is 1. The maximum atomic E-state index is 12.6. The number of nitrogens with one attached hydrogen (secondary N) is 2. The van der Waals surface area contributed by atoms with Crippen LogP contribution < -0.4 is 10.6 Å². The Morgan fingerprint density at radius 2 is 1.81 bits per heavy atom. The number of imidazole rings is 1. The van der Waals surface area contributed by atoms with E-state index in [4.69, 9.17) is 0 Å². The number of carbonyl (C=O) groups excluding carboxylic acids is 2. The van der Waals surface area contributed by atoms with Gasteiger partial charge in [-0.15, -0.1) is 0 Å². The number of amides is 2. The maximum absolute atomic E-state index is 12.6. The van der Waals surface area contributed by atoms with Gasteiger partial charge >= 0.3 is 0 Å². The number of fused-ring (bicyclic) bond motifs is 1. The number of hydrogen-bond donors (Lipinski definition) is 2. The fraction of sp³-hybridized carbons (Fsp3) is 0.286. The molecule has 0 radical (unpaired) electrons. The van der Waals surface area contributed by atoms with E-state index < -0.39 is 0 Å². The van der Waals surface area contributed by atoms with Gasteiger partial charge in [0.15, 0.2) is 5.69 Å². The molecule has 2 aromatic heterocycles. The number of rotatable bonds is 7. The lowest BCUT2D eigenvalue weighted by molar-refractivity contribution is 0.0940. The Bertz CT molecular complexity index is 961. The molecule has 27 heavy (non-hydrogen) atoms. The van der Waals surface area contributed by atoms with Crippen LogP contribution in [0.2, 0.25) is 0 Å². The van der Waals surface area contributed by atoms with E-state index in [0.717, 1.165) is 25.7 Å². The lowest BCUT2D eigenvalue weighted by atomic mass is 10.1. The van der Waals surface area contributed by atoms with Gasteiger partial charge in [-0.2, -0.15) is 0 Å². The first-order valence-corrected chi connectivity index (χ1v) is 9.32. The second-order valence-corrected chi connectivity index (χ2v) is 6.83. The van der Waals surface area contributed by atoms with Crippen LogP contribution in [0.3, 0.4) is 0 Å². The van der Waals surface area contributed by atoms with Crippen LogP contribution in [0.4, 0.5) is 0 Å². The normalized spacial score (nSPS) is 13.5. The van der Waals surface area contributed by atoms with Gasteiger partial charge in [-0.3, -0.25) is 14.0 Å². The minimum Gasteiger partial charge on any atom is -0.351 e. The lowest BCUT2D eigenvalue weighted by Gasteiger charge is -2.04. The Labute approximate surface area is 157 Å². The van der Waals surface area contributed by atoms with Crippen molar-refractivity contribution in [3.05, 3.63) is 71.8 Å². The third-order valence-electron chi connectivity index (χ3n) is 4.65. The van der Waals surface area contributed by atoms with Gasteiger partial charge in [0.2, 0.25) is 5.82 Å². The summed E-state index contributed by atoms with van der Waals surface area (Å²) < 4.78 is 1.68. The predicted molar refractivity (Wildman–Crippen MR) is 103 cm³/mol. The largest absolute Gasteiger partial charge is 0.351 e. The zero-order valence-corrected chi connectivity index (χ0v) is 15.0. The summed E-state index contributed by atoms with van der Waals surface area (Å²) >= 11 is 0. The standard InChI is InChI=1S/C21H22N4O2/c26-20(22-13-6-9-15-7-2-1-3-8-15)18-17-10-4-5-14-25(17)19(24-18)21(27)23-16-11-12-16/h1-5,7-8,10,14,16H,6,9,11-13H2,(H,22,26)(H,23,27). The molecule has 1 saturated carbocycles. The smallest absolute Gasteiger partial charge is 0.287 e. The third kappa shape index (κ3) is 4.00. The fourth-order valence-corrected chi connectivity index (χ4v) is 3.07. The van der Waals surface area contributed by atoms with E-state index in [2.05, 4.69) is 27.8 Å². The molecule has 0 saturated heterocycles. The molecule has 0 atom stereocenters. The van der Waals surface area contributed by atoms with Gasteiger partial charge in [0.1, 0.15) is 0 Å². The van der Waals surface area contributed by atoms with E-state index in [0.29, 0.717) is 12.1 Å². The van der Waals surface area contributed by atoms with Crippen molar-refractivity contribution < 1.29 is 9.59 Å². The molecule has 0 spiro atoms. The van der Waals surface area contributed by atoms with Gasteiger partial charge in [-0.1, -0.05) is 36.4 Å². The van der Waals surface area contributed by atoms with Crippen molar-refractivity contribution in [1.82, 2.24) is 20.0 Å². The van der Waals surface area contributed by atoms with Crippen LogP contribution in [-0.4, -0.2) is 33.8 Å². The second-order valence-electron chi connectivity index (χ2n) is 6.83. The van der Waals surface area contributed by atoms with Gasteiger partial charge in [0, 0.05) is 18.8 Å². The van der Waals surface area contributed by atoms with Gasteiger partial charge in [0.25, 0.3) is 11.8 Å². The van der Waals surface area contributed by atoms with Gasteiger partial charge < -0.3 is 10.6 Å². The van der Waals surface area contributed by atoms with E-state index in [1.165, 1.54) is 5.56 Å². The van der Waals surface area contributed by atoms with Gasteiger partial charge in [-0.05, 0) is 43.4 Å². The highest BCUT2D eigenvalue weighted by Gasteiger charge is 2.27. The summed E-state index contributed by atoms with van der Waals surface area (Å²) in [4.78, 5) is 29.4. The molecule has 138 valence electrons. The van der Waals surface area contributed by atoms with Crippen LogP contribution in [0.5, 0.6) is 0 Å². The summed E-state index contributed by atoms with van der Waals surface area (Å²) in [5.74, 6) is -0.231. The second kappa shape index (κ2) is 7.61. The first kappa shape index (κ1) is 17.3. The van der Waals surface area contributed by atoms with Crippen molar-refractivity contribution in [1.29, 1.82) is 0 Å². The van der Waals surface area contributed by atoms with Crippen LogP contribution >= 0.6 is 0 Å². The molecule has 1 aliphatic carbocycles. The summed E-state index contributed by atoms with van der Waals surface area (Å²) in [5, 5.41) is 5.85. The first-order valence-electron chi connectivity index (χ1n) is 9.32. The molecule has 1 aliphatic rings. The van der Waals surface area contributed by atoms with Gasteiger partial charge in [-0.25, -0.2) is 4.98 Å². The van der Waals surface area contributed by atoms with E-state index in [-0.39, 0.29) is 29.4 Å². The molecule has 0 bridgehead atoms. The van der Waals surface area contributed by atoms with Crippen molar-refractivity contribution in [2.24, 2.45) is 0 Å². The number of carbonyl (C=O) groups is 2. The van der Waals surface area contributed by atoms with Crippen molar-refractivity contribution in [2.45, 2.75) is 31.7 Å². The van der Waals surface area contributed by atoms with Crippen LogP contribution in [0.15, 0.2) is 54.7 Å². The fourth-order valence-electron chi connectivity index (χ4n) is 3.07. The Hall–Kier alpha value is -3.15. The monoisotopic (exact) mass is 362 g/mol. The number of nitrogens with zero attached hydrogens (tertiary/aromatic N) is 2. The third-order valence-corrected chi connectivity index (χ3v) is 4.65. The number of aromatic nitrogens is 2. The maximum Gasteiger partial charge on any atom is 0.287 e. The molecule has 4 rings (SSSR count). The highest BCUT2D eigenvalue weighted by atomic mass is 16.2. The van der Waals surface area contributed by atoms with Crippen LogP contribution in [-0.2, 0) is 6.42 Å². The molecule has 0 aliphatic heterocycles. The van der Waals surface area contributed by atoms with E-state index in [9.17, 15) is 9.59 Å². The molecular formula is C21H22N4O2. The highest BCUT2D eigenvalue weighted by Crippen LogP contribution is 2.20. The molecule has 2 N–H and O–H groups in total. The topological polar surface area (TPSA) is 75.5 Å². The average Bonchev–Trinajstić information content (AvgIpc) is 3.42. The summed E-state index contributed by atoms with van der Waals surface area (Å²) in [6, 6.07) is 15.9. The molecular weight excluding hydrogens is 340 g/mol. The molecule has 6 heteroatoms. The Morgan fingerprint density at radius 3 is 2.59 bits per heavy atom. The number of benzene rings is 1. The molecule has 1 aromatic carbocycles. The Morgan fingerprint density at radius 1 is 1.04 bits per heavy atom. The quantitative estimate of drug-likeness (QED) is 0.635. The molecule has 6 nitrogen and oxygen atoms in total. The molecule has 2 heterocycles. The minimum atomic E-state index is -0.253. The Balaban J connectivity index is 1.44. The predicted octanol–water partition coefficient (Wildman–Crippen LogP) is 2.59. The Kier molecular flexibility index (Phi) is 4.87. The average molecular weight is 362 g/mol. The molecule has 1 fully saturated rings. The van der Waals surface area contributed by atoms with Crippen molar-refractivity contribution in [3.8, 4) is 0 Å². The van der Waals surface area contributed by atoms with Crippen molar-refractivity contribution >= 4 is 17.3 Å². The van der Waals surface area contributed by atoms with Crippen LogP contribution in [0, 0.1) is 0 Å². The van der Waals surface area contributed by atoms with Crippen LogP contribution in [0.25, 0.3) is 5.52 Å². The van der Waals surface area contributed by atoms with Gasteiger partial charge in [0.05, 0.1) is 5.52 Å². The summed E-state index contributed by atoms with van der Waals surface area (Å²) in [6.07, 6.45) is 5.51. The minimum absolute atomic E-state index is 0.234. The van der Waals surface area contributed by atoms with E-state index in [1.807, 2.05) is 30.3 Å². The number of aryl methyl sites for hydroxylation is 1. The van der Waals surface area contributed by atoms with Crippen LogP contribution in [0.1, 0.15) is 45.9 Å². The highest BCUT2D eigenvalue weighted by molar-refractivity contribution is 6.02. The summed E-state index contributed by atoms with van der Waals surface area (Å²) in [7, 11) is 0. The zero-order chi connectivity index (χ0) is 18.6. The number of hydrogen-bond acceptors (Lipinski definition) is 3. The molecule has 3 aromatic rings. The summed E-state index contributed by atoms with van der Waals surface area (Å²) in [5.41, 5.74) is 2.17. The van der Waals surface area contributed by atoms with E-state index in [1.54, 1.807) is 16.7 Å². The van der Waals surface area contributed by atoms with Crippen molar-refractivity contribution in [3.63, 3.8) is 0 Å². The van der Waals surface area contributed by atoms with Crippen molar-refractivity contribution in [2.75, 3.05) is 6.54 Å². The first-order chi connectivity index (χ1) is 13.2. The van der Waals surface area contributed by atoms with E-state index >= 15 is 0 Å². The summed E-state index contributed by atoms with van der Waals surface area (Å²) in [6.45, 7) is 0.559. The lowest BCUT2D eigenvalue weighted by Crippen LogP contribution is -2.28.